The minimum absolute atomic E-state index is 0.256. The number of furan rings is 1. The molecule has 1 N–H and O–H groups in total. The first kappa shape index (κ1) is 14.6. The highest BCUT2D eigenvalue weighted by Gasteiger charge is 2.32. The Hall–Kier alpha value is -0.800. The van der Waals surface area contributed by atoms with Crippen LogP contribution in [0.5, 0.6) is 0 Å². The molecule has 2 rings (SSSR count). The van der Waals surface area contributed by atoms with Crippen LogP contribution in [0.1, 0.15) is 57.6 Å². The molecule has 0 saturated heterocycles. The first-order chi connectivity index (χ1) is 9.36. The highest BCUT2D eigenvalue weighted by Crippen LogP contribution is 2.34. The fourth-order valence-corrected chi connectivity index (χ4v) is 3.26. The van der Waals surface area contributed by atoms with Crippen LogP contribution in [0.25, 0.3) is 0 Å². The van der Waals surface area contributed by atoms with E-state index in [0.717, 1.165) is 13.2 Å². The molecule has 0 bridgehead atoms. The maximum absolute atomic E-state index is 6.12. The number of nitrogens with one attached hydrogen (secondary N) is 1. The summed E-state index contributed by atoms with van der Waals surface area (Å²) in [5.41, 5.74) is 1.21. The third-order valence-corrected chi connectivity index (χ3v) is 4.13. The van der Waals surface area contributed by atoms with Crippen LogP contribution in [-0.4, -0.2) is 19.3 Å². The standard InChI is InChI=1S/C16H27NO2/c1-3-17-15(14-10-11-18-12-14)16(19-4-2)13-8-6-5-7-9-13/h10-13,15-17H,3-9H2,1-2H3. The smallest absolute Gasteiger partial charge is 0.0951 e. The van der Waals surface area contributed by atoms with Gasteiger partial charge in [0.1, 0.15) is 0 Å². The fourth-order valence-electron chi connectivity index (χ4n) is 3.26. The Bertz CT molecular complexity index is 331. The minimum atomic E-state index is 0.256. The highest BCUT2D eigenvalue weighted by molar-refractivity contribution is 5.14. The third-order valence-electron chi connectivity index (χ3n) is 4.13. The predicted molar refractivity (Wildman–Crippen MR) is 77.1 cm³/mol. The summed E-state index contributed by atoms with van der Waals surface area (Å²) >= 11 is 0. The van der Waals surface area contributed by atoms with E-state index in [0.29, 0.717) is 5.92 Å². The lowest BCUT2D eigenvalue weighted by atomic mass is 9.81. The van der Waals surface area contributed by atoms with Gasteiger partial charge in [0.25, 0.3) is 0 Å². The van der Waals surface area contributed by atoms with E-state index in [2.05, 4.69) is 25.2 Å². The second kappa shape index (κ2) is 7.71. The van der Waals surface area contributed by atoms with Crippen LogP contribution < -0.4 is 5.32 Å². The zero-order valence-corrected chi connectivity index (χ0v) is 12.2. The Kier molecular flexibility index (Phi) is 5.93. The quantitative estimate of drug-likeness (QED) is 0.811. The zero-order valence-electron chi connectivity index (χ0n) is 12.2. The lowest BCUT2D eigenvalue weighted by Crippen LogP contribution is -2.39. The van der Waals surface area contributed by atoms with Gasteiger partial charge in [0, 0.05) is 12.2 Å². The first-order valence-corrected chi connectivity index (χ1v) is 7.73. The van der Waals surface area contributed by atoms with Gasteiger partial charge in [-0.25, -0.2) is 0 Å². The van der Waals surface area contributed by atoms with Gasteiger partial charge < -0.3 is 14.5 Å². The van der Waals surface area contributed by atoms with Gasteiger partial charge in [-0.05, 0) is 38.3 Å². The zero-order chi connectivity index (χ0) is 13.5. The van der Waals surface area contributed by atoms with Gasteiger partial charge >= 0.3 is 0 Å². The molecular formula is C16H27NO2. The SMILES string of the molecule is CCNC(c1ccoc1)C(OCC)C1CCCCC1. The Morgan fingerprint density at radius 2 is 2.11 bits per heavy atom. The molecule has 2 unspecified atom stereocenters. The van der Waals surface area contributed by atoms with Gasteiger partial charge in [0.05, 0.1) is 24.7 Å². The molecule has 0 radical (unpaired) electrons. The average molecular weight is 265 g/mol. The minimum Gasteiger partial charge on any atom is -0.472 e. The summed E-state index contributed by atoms with van der Waals surface area (Å²) in [6.45, 7) is 5.97. The molecule has 108 valence electrons. The maximum Gasteiger partial charge on any atom is 0.0951 e. The van der Waals surface area contributed by atoms with Crippen LogP contribution in [0.3, 0.4) is 0 Å². The maximum atomic E-state index is 6.12. The average Bonchev–Trinajstić information content (AvgIpc) is 2.97. The van der Waals surface area contributed by atoms with Crippen LogP contribution in [-0.2, 0) is 4.74 Å². The van der Waals surface area contributed by atoms with Gasteiger partial charge in [0.2, 0.25) is 0 Å². The van der Waals surface area contributed by atoms with Crippen molar-refractivity contribution in [1.82, 2.24) is 5.32 Å². The van der Waals surface area contributed by atoms with Crippen LogP contribution in [0.4, 0.5) is 0 Å². The summed E-state index contributed by atoms with van der Waals surface area (Å²) in [7, 11) is 0. The monoisotopic (exact) mass is 265 g/mol. The van der Waals surface area contributed by atoms with Crippen molar-refractivity contribution in [1.29, 1.82) is 0 Å². The molecule has 19 heavy (non-hydrogen) atoms. The molecule has 0 spiro atoms. The Morgan fingerprint density at radius 1 is 1.32 bits per heavy atom. The molecule has 3 nitrogen and oxygen atoms in total. The van der Waals surface area contributed by atoms with E-state index in [-0.39, 0.29) is 12.1 Å². The van der Waals surface area contributed by atoms with Crippen molar-refractivity contribution in [3.63, 3.8) is 0 Å². The molecule has 3 heteroatoms. The number of likely N-dealkylation sites (N-methyl/N-ethyl adjacent to an activating group) is 1. The Balaban J connectivity index is 2.13. The van der Waals surface area contributed by atoms with Crippen molar-refractivity contribution in [2.75, 3.05) is 13.2 Å². The summed E-state index contributed by atoms with van der Waals surface area (Å²) < 4.78 is 11.4. The second-order valence-electron chi connectivity index (χ2n) is 5.41. The highest BCUT2D eigenvalue weighted by atomic mass is 16.5. The first-order valence-electron chi connectivity index (χ1n) is 7.73. The molecule has 1 fully saturated rings. The lowest BCUT2D eigenvalue weighted by Gasteiger charge is -2.35. The third kappa shape index (κ3) is 3.83. The molecule has 1 aliphatic rings. The molecular weight excluding hydrogens is 238 g/mol. The number of ether oxygens (including phenoxy) is 1. The predicted octanol–water partition coefficient (Wildman–Crippen LogP) is 3.92. The van der Waals surface area contributed by atoms with Gasteiger partial charge in [-0.1, -0.05) is 26.2 Å². The van der Waals surface area contributed by atoms with Crippen molar-refractivity contribution in [3.05, 3.63) is 24.2 Å². The van der Waals surface area contributed by atoms with E-state index < -0.39 is 0 Å². The van der Waals surface area contributed by atoms with Crippen LogP contribution in [0, 0.1) is 5.92 Å². The van der Waals surface area contributed by atoms with E-state index >= 15 is 0 Å². The molecule has 1 aromatic rings. The number of rotatable bonds is 7. The van der Waals surface area contributed by atoms with Gasteiger partial charge in [-0.15, -0.1) is 0 Å². The number of hydrogen-bond acceptors (Lipinski definition) is 3. The van der Waals surface area contributed by atoms with E-state index in [4.69, 9.17) is 9.15 Å². The summed E-state index contributed by atoms with van der Waals surface area (Å²) in [5, 5.41) is 3.58. The van der Waals surface area contributed by atoms with Crippen molar-refractivity contribution < 1.29 is 9.15 Å². The van der Waals surface area contributed by atoms with E-state index in [1.54, 1.807) is 6.26 Å². The van der Waals surface area contributed by atoms with Crippen LogP contribution in [0.15, 0.2) is 23.0 Å². The normalized spacial score (nSPS) is 20.3. The van der Waals surface area contributed by atoms with Gasteiger partial charge in [-0.3, -0.25) is 0 Å². The molecule has 0 aliphatic heterocycles. The Labute approximate surface area is 116 Å². The summed E-state index contributed by atoms with van der Waals surface area (Å²) in [5.74, 6) is 0.674. The van der Waals surface area contributed by atoms with Crippen molar-refractivity contribution >= 4 is 0 Å². The van der Waals surface area contributed by atoms with Crippen molar-refractivity contribution in [3.8, 4) is 0 Å². The van der Waals surface area contributed by atoms with Gasteiger partial charge in [-0.2, -0.15) is 0 Å². The number of hydrogen-bond donors (Lipinski definition) is 1. The fraction of sp³-hybridized carbons (Fsp3) is 0.750. The van der Waals surface area contributed by atoms with E-state index in [1.165, 1.54) is 37.7 Å². The summed E-state index contributed by atoms with van der Waals surface area (Å²) in [6.07, 6.45) is 10.5. The second-order valence-corrected chi connectivity index (χ2v) is 5.41. The molecule has 0 aromatic carbocycles. The Morgan fingerprint density at radius 3 is 2.68 bits per heavy atom. The van der Waals surface area contributed by atoms with Crippen molar-refractivity contribution in [2.45, 2.75) is 58.1 Å². The molecule has 2 atom stereocenters. The molecule has 1 aromatic heterocycles. The molecule has 1 heterocycles. The van der Waals surface area contributed by atoms with Crippen LogP contribution >= 0.6 is 0 Å². The van der Waals surface area contributed by atoms with Crippen molar-refractivity contribution in [2.24, 2.45) is 5.92 Å². The largest absolute Gasteiger partial charge is 0.472 e. The van der Waals surface area contributed by atoms with E-state index in [1.807, 2.05) is 6.26 Å². The lowest BCUT2D eigenvalue weighted by molar-refractivity contribution is -0.0181. The van der Waals surface area contributed by atoms with Crippen LogP contribution in [0.2, 0.25) is 0 Å². The van der Waals surface area contributed by atoms with Gasteiger partial charge in [0.15, 0.2) is 0 Å². The molecule has 0 amide bonds. The topological polar surface area (TPSA) is 34.4 Å². The summed E-state index contributed by atoms with van der Waals surface area (Å²) in [6, 6.07) is 2.31. The summed E-state index contributed by atoms with van der Waals surface area (Å²) in [4.78, 5) is 0. The molecule has 1 aliphatic carbocycles. The van der Waals surface area contributed by atoms with E-state index in [9.17, 15) is 0 Å². The molecule has 1 saturated carbocycles.